The van der Waals surface area contributed by atoms with Gasteiger partial charge >= 0.3 is 0 Å². The van der Waals surface area contributed by atoms with Crippen molar-refractivity contribution < 1.29 is 9.13 Å². The minimum absolute atomic E-state index is 0.0612. The third-order valence-corrected chi connectivity index (χ3v) is 5.35. The molecule has 0 fully saturated rings. The molecule has 1 atom stereocenters. The van der Waals surface area contributed by atoms with Crippen LogP contribution >= 0.6 is 15.9 Å². The lowest BCUT2D eigenvalue weighted by atomic mass is 9.83. The molecule has 0 saturated heterocycles. The summed E-state index contributed by atoms with van der Waals surface area (Å²) >= 11 is 3.16. The van der Waals surface area contributed by atoms with Crippen molar-refractivity contribution >= 4 is 26.8 Å². The standard InChI is InChI=1S/C20H13BrFN3O2/c1-25-15-5-3-2-4-11(15)18-17(20(25)26)16(12(9-23)19(24)27-18)10-6-7-14(22)13(21)8-10/h2-8,16H,24H2,1H3/t16-/m0/s1. The summed E-state index contributed by atoms with van der Waals surface area (Å²) in [6.07, 6.45) is 0. The van der Waals surface area contributed by atoms with Crippen LogP contribution in [-0.4, -0.2) is 4.57 Å². The number of aryl methyl sites for hydroxylation is 1. The number of hydrogen-bond donors (Lipinski definition) is 1. The van der Waals surface area contributed by atoms with Gasteiger partial charge in [0.15, 0.2) is 0 Å². The molecule has 4 rings (SSSR count). The van der Waals surface area contributed by atoms with Crippen LogP contribution in [0.1, 0.15) is 17.0 Å². The molecular formula is C20H13BrFN3O2. The van der Waals surface area contributed by atoms with Crippen LogP contribution in [0.25, 0.3) is 10.9 Å². The van der Waals surface area contributed by atoms with Gasteiger partial charge in [-0.25, -0.2) is 4.39 Å². The molecule has 0 saturated carbocycles. The van der Waals surface area contributed by atoms with Crippen LogP contribution in [-0.2, 0) is 7.05 Å². The van der Waals surface area contributed by atoms with Crippen LogP contribution in [0.5, 0.6) is 5.75 Å². The lowest BCUT2D eigenvalue weighted by molar-refractivity contribution is 0.396. The number of rotatable bonds is 1. The highest BCUT2D eigenvalue weighted by atomic mass is 79.9. The maximum Gasteiger partial charge on any atom is 0.258 e. The Bertz CT molecular complexity index is 1240. The Hall–Kier alpha value is -3.11. The van der Waals surface area contributed by atoms with Crippen LogP contribution in [0.15, 0.2) is 63.2 Å². The molecule has 0 unspecified atom stereocenters. The molecule has 0 radical (unpaired) electrons. The largest absolute Gasteiger partial charge is 0.439 e. The normalized spacial score (nSPS) is 16.0. The fourth-order valence-electron chi connectivity index (χ4n) is 3.45. The van der Waals surface area contributed by atoms with Gasteiger partial charge in [-0.1, -0.05) is 18.2 Å². The maximum atomic E-state index is 13.7. The Morgan fingerprint density at radius 2 is 2.04 bits per heavy atom. The molecular weight excluding hydrogens is 413 g/mol. The number of pyridine rings is 1. The molecule has 2 N–H and O–H groups in total. The van der Waals surface area contributed by atoms with E-state index in [1.54, 1.807) is 19.2 Å². The number of ether oxygens (including phenoxy) is 1. The molecule has 134 valence electrons. The van der Waals surface area contributed by atoms with E-state index in [4.69, 9.17) is 10.5 Å². The van der Waals surface area contributed by atoms with Crippen LogP contribution in [0.2, 0.25) is 0 Å². The molecule has 0 bridgehead atoms. The molecule has 0 amide bonds. The fraction of sp³-hybridized carbons (Fsp3) is 0.100. The van der Waals surface area contributed by atoms with Gasteiger partial charge in [0.25, 0.3) is 5.56 Å². The van der Waals surface area contributed by atoms with E-state index in [1.807, 2.05) is 30.3 Å². The van der Waals surface area contributed by atoms with Gasteiger partial charge in [-0.3, -0.25) is 4.79 Å². The van der Waals surface area contributed by atoms with Gasteiger partial charge < -0.3 is 15.0 Å². The highest BCUT2D eigenvalue weighted by Gasteiger charge is 2.35. The second-order valence-corrected chi connectivity index (χ2v) is 7.08. The third kappa shape index (κ3) is 2.53. The van der Waals surface area contributed by atoms with E-state index in [2.05, 4.69) is 15.9 Å². The summed E-state index contributed by atoms with van der Waals surface area (Å²) in [6.45, 7) is 0. The predicted molar refractivity (Wildman–Crippen MR) is 103 cm³/mol. The average Bonchev–Trinajstić information content (AvgIpc) is 2.67. The number of hydrogen-bond acceptors (Lipinski definition) is 4. The summed E-state index contributed by atoms with van der Waals surface area (Å²) in [5, 5.41) is 10.4. The van der Waals surface area contributed by atoms with Crippen molar-refractivity contribution in [3.63, 3.8) is 0 Å². The number of benzene rings is 2. The lowest BCUT2D eigenvalue weighted by Crippen LogP contribution is -2.31. The smallest absolute Gasteiger partial charge is 0.258 e. The number of nitriles is 1. The van der Waals surface area contributed by atoms with E-state index in [0.717, 1.165) is 0 Å². The average molecular weight is 426 g/mol. The van der Waals surface area contributed by atoms with Gasteiger partial charge in [-0.2, -0.15) is 5.26 Å². The van der Waals surface area contributed by atoms with E-state index in [0.29, 0.717) is 27.8 Å². The van der Waals surface area contributed by atoms with Crippen molar-refractivity contribution in [1.29, 1.82) is 5.26 Å². The van der Waals surface area contributed by atoms with Gasteiger partial charge in [0.1, 0.15) is 23.2 Å². The van der Waals surface area contributed by atoms with Crippen molar-refractivity contribution in [3.05, 3.63) is 85.7 Å². The Kier molecular flexibility index (Phi) is 4.01. The highest BCUT2D eigenvalue weighted by Crippen LogP contribution is 2.43. The molecule has 7 heteroatoms. The molecule has 5 nitrogen and oxygen atoms in total. The van der Waals surface area contributed by atoms with Crippen LogP contribution in [0, 0.1) is 17.1 Å². The minimum Gasteiger partial charge on any atom is -0.439 e. The predicted octanol–water partition coefficient (Wildman–Crippen LogP) is 3.66. The number of nitrogens with two attached hydrogens (primary N) is 1. The Morgan fingerprint density at radius 3 is 2.74 bits per heavy atom. The molecule has 0 aliphatic carbocycles. The number of halogens is 2. The van der Waals surface area contributed by atoms with E-state index in [1.165, 1.54) is 10.6 Å². The first-order chi connectivity index (χ1) is 12.9. The van der Waals surface area contributed by atoms with Crippen molar-refractivity contribution in [2.75, 3.05) is 0 Å². The van der Waals surface area contributed by atoms with E-state index in [9.17, 15) is 14.4 Å². The summed E-state index contributed by atoms with van der Waals surface area (Å²) in [7, 11) is 1.66. The summed E-state index contributed by atoms with van der Waals surface area (Å²) < 4.78 is 21.2. The van der Waals surface area contributed by atoms with Crippen molar-refractivity contribution in [1.82, 2.24) is 4.57 Å². The Labute approximate surface area is 162 Å². The third-order valence-electron chi connectivity index (χ3n) is 4.74. The number of para-hydroxylation sites is 1. The number of aromatic nitrogens is 1. The fourth-order valence-corrected chi connectivity index (χ4v) is 3.85. The summed E-state index contributed by atoms with van der Waals surface area (Å²) in [5.41, 5.74) is 7.41. The Morgan fingerprint density at radius 1 is 1.30 bits per heavy atom. The topological polar surface area (TPSA) is 81.0 Å². The van der Waals surface area contributed by atoms with Crippen molar-refractivity contribution in [2.45, 2.75) is 5.92 Å². The molecule has 1 aliphatic heterocycles. The molecule has 3 aromatic rings. The minimum atomic E-state index is -0.751. The zero-order valence-corrected chi connectivity index (χ0v) is 15.7. The molecule has 2 aromatic carbocycles. The first kappa shape index (κ1) is 17.3. The van der Waals surface area contributed by atoms with Crippen LogP contribution in [0.3, 0.4) is 0 Å². The molecule has 27 heavy (non-hydrogen) atoms. The number of fused-ring (bicyclic) bond motifs is 3. The molecule has 1 aliphatic rings. The summed E-state index contributed by atoms with van der Waals surface area (Å²) in [4.78, 5) is 13.2. The molecule has 1 aromatic heterocycles. The van der Waals surface area contributed by atoms with Crippen LogP contribution in [0.4, 0.5) is 4.39 Å². The van der Waals surface area contributed by atoms with Gasteiger partial charge in [0.2, 0.25) is 5.88 Å². The second-order valence-electron chi connectivity index (χ2n) is 6.22. The second kappa shape index (κ2) is 6.25. The number of nitrogens with zero attached hydrogens (tertiary/aromatic N) is 2. The van der Waals surface area contributed by atoms with Gasteiger partial charge in [-0.05, 0) is 45.8 Å². The van der Waals surface area contributed by atoms with Gasteiger partial charge in [-0.15, -0.1) is 0 Å². The maximum absolute atomic E-state index is 13.7. The monoisotopic (exact) mass is 425 g/mol. The lowest BCUT2D eigenvalue weighted by Gasteiger charge is -2.27. The highest BCUT2D eigenvalue weighted by molar-refractivity contribution is 9.10. The van der Waals surface area contributed by atoms with Crippen LogP contribution < -0.4 is 16.0 Å². The molecule has 2 heterocycles. The van der Waals surface area contributed by atoms with Gasteiger partial charge in [0, 0.05) is 12.4 Å². The first-order valence-corrected chi connectivity index (χ1v) is 8.87. The summed E-state index contributed by atoms with van der Waals surface area (Å²) in [6, 6.07) is 13.7. The number of allylic oxidation sites excluding steroid dienone is 1. The zero-order valence-electron chi connectivity index (χ0n) is 14.2. The van der Waals surface area contributed by atoms with E-state index in [-0.39, 0.29) is 21.5 Å². The first-order valence-electron chi connectivity index (χ1n) is 8.08. The summed E-state index contributed by atoms with van der Waals surface area (Å²) in [5.74, 6) is -0.920. The quantitative estimate of drug-likeness (QED) is 0.644. The van der Waals surface area contributed by atoms with E-state index < -0.39 is 11.7 Å². The zero-order chi connectivity index (χ0) is 19.3. The van der Waals surface area contributed by atoms with E-state index >= 15 is 0 Å². The molecule has 0 spiro atoms. The van der Waals surface area contributed by atoms with Gasteiger partial charge in [0.05, 0.1) is 21.5 Å². The SMILES string of the molecule is Cn1c(=O)c2c(c3ccccc31)OC(N)=C(C#N)[C@@H]2c1ccc(F)c(Br)c1. The van der Waals surface area contributed by atoms with Crippen molar-refractivity contribution in [3.8, 4) is 11.8 Å². The van der Waals surface area contributed by atoms with Crippen molar-refractivity contribution in [2.24, 2.45) is 12.8 Å². The Balaban J connectivity index is 2.13.